The first kappa shape index (κ1) is 15.0. The summed E-state index contributed by atoms with van der Waals surface area (Å²) in [5.41, 5.74) is 1.43. The molecule has 2 rings (SSSR count). The normalized spacial score (nSPS) is 11.4. The number of nitrogens with zero attached hydrogens (tertiary/aromatic N) is 1. The highest BCUT2D eigenvalue weighted by molar-refractivity contribution is 9.10. The molecule has 0 saturated heterocycles. The van der Waals surface area contributed by atoms with Gasteiger partial charge in [0, 0.05) is 11.5 Å². The molecule has 0 aliphatic rings. The fraction of sp³-hybridized carbons (Fsp3) is 0.143. The highest BCUT2D eigenvalue weighted by Crippen LogP contribution is 2.29. The second kappa shape index (κ2) is 5.54. The summed E-state index contributed by atoms with van der Waals surface area (Å²) < 4.78 is 39.7. The van der Waals surface area contributed by atoms with Crippen molar-refractivity contribution < 1.29 is 12.8 Å². The predicted molar refractivity (Wildman–Crippen MR) is 80.9 cm³/mol. The van der Waals surface area contributed by atoms with E-state index in [1.54, 1.807) is 12.1 Å². The summed E-state index contributed by atoms with van der Waals surface area (Å²) >= 11 is 3.10. The lowest BCUT2D eigenvalue weighted by Crippen LogP contribution is -2.27. The Balaban J connectivity index is 2.53. The third-order valence-corrected chi connectivity index (χ3v) is 5.74. The molecule has 0 aliphatic heterocycles. The highest BCUT2D eigenvalue weighted by atomic mass is 79.9. The van der Waals surface area contributed by atoms with E-state index >= 15 is 0 Å². The van der Waals surface area contributed by atoms with Crippen LogP contribution in [0.15, 0.2) is 51.8 Å². The lowest BCUT2D eigenvalue weighted by atomic mass is 10.2. The summed E-state index contributed by atoms with van der Waals surface area (Å²) in [6, 6.07) is 10.7. The lowest BCUT2D eigenvalue weighted by molar-refractivity contribution is 0.592. The first-order valence-corrected chi connectivity index (χ1v) is 8.07. The molecule has 0 N–H and O–H groups in total. The highest BCUT2D eigenvalue weighted by Gasteiger charge is 2.24. The number of aryl methyl sites for hydroxylation is 1. The maximum absolute atomic E-state index is 13.1. The van der Waals surface area contributed by atoms with E-state index in [0.717, 1.165) is 17.7 Å². The lowest BCUT2D eigenvalue weighted by Gasteiger charge is -2.22. The van der Waals surface area contributed by atoms with Gasteiger partial charge in [-0.25, -0.2) is 12.8 Å². The minimum Gasteiger partial charge on any atom is -0.269 e. The molecule has 0 spiro atoms. The van der Waals surface area contributed by atoms with Crippen molar-refractivity contribution in [1.29, 1.82) is 0 Å². The van der Waals surface area contributed by atoms with Crippen molar-refractivity contribution >= 4 is 31.6 Å². The van der Waals surface area contributed by atoms with Crippen LogP contribution in [0.1, 0.15) is 5.56 Å². The van der Waals surface area contributed by atoms with Crippen LogP contribution in [-0.4, -0.2) is 15.5 Å². The smallest absolute Gasteiger partial charge is 0.265 e. The van der Waals surface area contributed by atoms with Gasteiger partial charge in [0.25, 0.3) is 10.0 Å². The van der Waals surface area contributed by atoms with Gasteiger partial charge in [0.15, 0.2) is 0 Å². The summed E-state index contributed by atoms with van der Waals surface area (Å²) in [7, 11) is -2.26. The molecule has 0 atom stereocenters. The van der Waals surface area contributed by atoms with Gasteiger partial charge in [0.1, 0.15) is 10.7 Å². The molecule has 3 nitrogen and oxygen atoms in total. The molecular formula is C14H13BrFNO2S. The summed E-state index contributed by atoms with van der Waals surface area (Å²) in [4.78, 5) is 0.0321. The second-order valence-electron chi connectivity index (χ2n) is 4.33. The second-order valence-corrected chi connectivity index (χ2v) is 7.13. The molecular weight excluding hydrogens is 345 g/mol. The molecule has 106 valence electrons. The van der Waals surface area contributed by atoms with Crippen molar-refractivity contribution in [3.8, 4) is 0 Å². The number of sulfonamides is 1. The van der Waals surface area contributed by atoms with E-state index in [9.17, 15) is 12.8 Å². The van der Waals surface area contributed by atoms with E-state index in [1.807, 2.05) is 19.1 Å². The van der Waals surface area contributed by atoms with Crippen molar-refractivity contribution in [3.63, 3.8) is 0 Å². The number of benzene rings is 2. The van der Waals surface area contributed by atoms with Crippen molar-refractivity contribution in [2.24, 2.45) is 0 Å². The average molecular weight is 358 g/mol. The first-order valence-electron chi connectivity index (χ1n) is 5.83. The van der Waals surface area contributed by atoms with Crippen molar-refractivity contribution in [1.82, 2.24) is 0 Å². The van der Waals surface area contributed by atoms with E-state index in [2.05, 4.69) is 15.9 Å². The van der Waals surface area contributed by atoms with Crippen LogP contribution in [-0.2, 0) is 10.0 Å². The molecule has 2 aromatic rings. The van der Waals surface area contributed by atoms with Crippen LogP contribution in [0.5, 0.6) is 0 Å². The zero-order valence-corrected chi connectivity index (χ0v) is 13.4. The van der Waals surface area contributed by atoms with Gasteiger partial charge in [-0.3, -0.25) is 4.31 Å². The molecule has 0 radical (unpaired) electrons. The van der Waals surface area contributed by atoms with Crippen LogP contribution in [0.3, 0.4) is 0 Å². The molecule has 0 saturated carbocycles. The Kier molecular flexibility index (Phi) is 4.15. The molecule has 0 fully saturated rings. The van der Waals surface area contributed by atoms with Crippen molar-refractivity contribution in [2.75, 3.05) is 11.4 Å². The number of rotatable bonds is 3. The zero-order chi connectivity index (χ0) is 14.9. The minimum atomic E-state index is -3.74. The Hall–Kier alpha value is -1.40. The molecule has 0 unspecified atom stereocenters. The van der Waals surface area contributed by atoms with Crippen LogP contribution in [0, 0.1) is 12.7 Å². The standard InChI is InChI=1S/C14H13BrFNO2S/c1-10-5-3-4-6-13(10)17(2)20(18,19)14-8-7-11(16)9-12(14)15/h3-9H,1-2H3. The van der Waals surface area contributed by atoms with Gasteiger partial charge in [-0.2, -0.15) is 0 Å². The van der Waals surface area contributed by atoms with E-state index < -0.39 is 15.8 Å². The van der Waals surface area contributed by atoms with Crippen LogP contribution in [0.25, 0.3) is 0 Å². The first-order chi connectivity index (χ1) is 9.34. The third-order valence-electron chi connectivity index (χ3n) is 2.99. The molecule has 0 aromatic heterocycles. The fourth-order valence-electron chi connectivity index (χ4n) is 1.88. The van der Waals surface area contributed by atoms with Gasteiger partial charge in [-0.05, 0) is 52.7 Å². The number of para-hydroxylation sites is 1. The van der Waals surface area contributed by atoms with Crippen LogP contribution < -0.4 is 4.31 Å². The third kappa shape index (κ3) is 2.71. The molecule has 20 heavy (non-hydrogen) atoms. The van der Waals surface area contributed by atoms with E-state index in [0.29, 0.717) is 5.69 Å². The zero-order valence-electron chi connectivity index (χ0n) is 11.0. The minimum absolute atomic E-state index is 0.0321. The molecule has 6 heteroatoms. The largest absolute Gasteiger partial charge is 0.269 e. The topological polar surface area (TPSA) is 37.4 Å². The number of halogens is 2. The number of anilines is 1. The molecule has 0 amide bonds. The molecule has 0 heterocycles. The number of hydrogen-bond acceptors (Lipinski definition) is 2. The van der Waals surface area contributed by atoms with Gasteiger partial charge < -0.3 is 0 Å². The number of hydrogen-bond donors (Lipinski definition) is 0. The SMILES string of the molecule is Cc1ccccc1N(C)S(=O)(=O)c1ccc(F)cc1Br. The van der Waals surface area contributed by atoms with Gasteiger partial charge in [0.2, 0.25) is 0 Å². The Morgan fingerprint density at radius 2 is 1.80 bits per heavy atom. The Morgan fingerprint density at radius 1 is 1.15 bits per heavy atom. The van der Waals surface area contributed by atoms with E-state index in [4.69, 9.17) is 0 Å². The van der Waals surface area contributed by atoms with E-state index in [-0.39, 0.29) is 9.37 Å². The monoisotopic (exact) mass is 357 g/mol. The summed E-state index contributed by atoms with van der Waals surface area (Å²) in [5, 5.41) is 0. The van der Waals surface area contributed by atoms with Gasteiger partial charge in [-0.15, -0.1) is 0 Å². The average Bonchev–Trinajstić information content (AvgIpc) is 2.38. The predicted octanol–water partition coefficient (Wildman–Crippen LogP) is 3.72. The summed E-state index contributed by atoms with van der Waals surface area (Å²) in [5.74, 6) is -0.491. The van der Waals surface area contributed by atoms with Crippen molar-refractivity contribution in [3.05, 3.63) is 58.3 Å². The van der Waals surface area contributed by atoms with Gasteiger partial charge >= 0.3 is 0 Å². The fourth-order valence-corrected chi connectivity index (χ4v) is 4.15. The maximum atomic E-state index is 13.1. The Bertz CT molecular complexity index is 747. The van der Waals surface area contributed by atoms with Crippen molar-refractivity contribution in [2.45, 2.75) is 11.8 Å². The molecule has 0 bridgehead atoms. The molecule has 0 aliphatic carbocycles. The summed E-state index contributed by atoms with van der Waals surface area (Å²) in [6.07, 6.45) is 0. The van der Waals surface area contributed by atoms with Crippen LogP contribution >= 0.6 is 15.9 Å². The Morgan fingerprint density at radius 3 is 2.40 bits per heavy atom. The molecule has 2 aromatic carbocycles. The summed E-state index contributed by atoms with van der Waals surface area (Å²) in [6.45, 7) is 1.83. The Labute approximate surface area is 126 Å². The van der Waals surface area contributed by atoms with Gasteiger partial charge in [-0.1, -0.05) is 18.2 Å². The van der Waals surface area contributed by atoms with E-state index in [1.165, 1.54) is 17.4 Å². The maximum Gasteiger partial charge on any atom is 0.265 e. The van der Waals surface area contributed by atoms with Crippen LogP contribution in [0.4, 0.5) is 10.1 Å². The van der Waals surface area contributed by atoms with Gasteiger partial charge in [0.05, 0.1) is 5.69 Å². The quantitative estimate of drug-likeness (QED) is 0.839. The van der Waals surface area contributed by atoms with Crippen LogP contribution in [0.2, 0.25) is 0 Å².